The van der Waals surface area contributed by atoms with Crippen LogP contribution in [0.2, 0.25) is 0 Å². The van der Waals surface area contributed by atoms with Gasteiger partial charge in [0.05, 0.1) is 31.7 Å². The van der Waals surface area contributed by atoms with Gasteiger partial charge in [-0.1, -0.05) is 72.8 Å². The van der Waals surface area contributed by atoms with E-state index in [0.29, 0.717) is 19.3 Å². The molecule has 0 fully saturated rings. The number of carbonyl (C=O) groups is 4. The Labute approximate surface area is 259 Å². The van der Waals surface area contributed by atoms with Crippen molar-refractivity contribution >= 4 is 23.8 Å². The maximum Gasteiger partial charge on any atom is 0.332 e. The third-order valence-corrected chi connectivity index (χ3v) is 6.65. The molecule has 0 saturated carbocycles. The maximum atomic E-state index is 13.3. The Kier molecular flexibility index (Phi) is 17.5. The number of amides is 2. The van der Waals surface area contributed by atoms with Crippen LogP contribution in [0, 0.1) is 11.8 Å². The van der Waals surface area contributed by atoms with Crippen LogP contribution in [-0.4, -0.2) is 67.9 Å². The molecule has 0 aliphatic carbocycles. The Morgan fingerprint density at radius 3 is 2.16 bits per heavy atom. The topological polar surface area (TPSA) is 140 Å². The van der Waals surface area contributed by atoms with Gasteiger partial charge in [-0.25, -0.2) is 4.79 Å². The van der Waals surface area contributed by atoms with Crippen molar-refractivity contribution in [3.05, 3.63) is 97.1 Å². The fraction of sp³-hybridized carbons (Fsp3) is 0.412. The number of nitrogens with one attached hydrogen (secondary N) is 2. The highest BCUT2D eigenvalue weighted by Gasteiger charge is 2.30. The molecule has 0 spiro atoms. The van der Waals surface area contributed by atoms with Gasteiger partial charge in [0, 0.05) is 13.0 Å². The van der Waals surface area contributed by atoms with E-state index in [-0.39, 0.29) is 51.7 Å². The number of benzene rings is 2. The largest absolute Gasteiger partial charge is 0.463 e. The zero-order valence-corrected chi connectivity index (χ0v) is 25.2. The van der Waals surface area contributed by atoms with Gasteiger partial charge in [-0.3, -0.25) is 14.4 Å². The number of esters is 2. The number of rotatable bonds is 22. The van der Waals surface area contributed by atoms with Crippen LogP contribution in [-0.2, 0) is 46.4 Å². The van der Waals surface area contributed by atoms with E-state index < -0.39 is 42.3 Å². The van der Waals surface area contributed by atoms with Gasteiger partial charge in [0.15, 0.2) is 6.04 Å². The van der Waals surface area contributed by atoms with E-state index in [2.05, 4.69) is 23.8 Å². The third-order valence-electron chi connectivity index (χ3n) is 6.65. The first-order valence-corrected chi connectivity index (χ1v) is 14.8. The molecule has 0 bridgehead atoms. The Bertz CT molecular complexity index is 1170. The van der Waals surface area contributed by atoms with E-state index in [4.69, 9.17) is 19.3 Å². The number of carbonyl (C=O) groups excluding carboxylic acids is 4. The van der Waals surface area contributed by atoms with Crippen LogP contribution in [0.15, 0.2) is 86.0 Å². The molecule has 10 nitrogen and oxygen atoms in total. The van der Waals surface area contributed by atoms with Gasteiger partial charge >= 0.3 is 11.9 Å². The predicted molar refractivity (Wildman–Crippen MR) is 166 cm³/mol. The van der Waals surface area contributed by atoms with Crippen LogP contribution in [0.25, 0.3) is 0 Å². The highest BCUT2D eigenvalue weighted by molar-refractivity contribution is 5.89. The van der Waals surface area contributed by atoms with Crippen molar-refractivity contribution in [1.29, 1.82) is 0 Å². The molecule has 0 aromatic heterocycles. The lowest BCUT2D eigenvalue weighted by Crippen LogP contribution is -2.48. The highest BCUT2D eigenvalue weighted by Crippen LogP contribution is 2.17. The lowest BCUT2D eigenvalue weighted by Gasteiger charge is -2.22. The Balaban J connectivity index is 2.10. The van der Waals surface area contributed by atoms with Crippen molar-refractivity contribution in [1.82, 2.24) is 10.6 Å². The average Bonchev–Trinajstić information content (AvgIpc) is 3.04. The fourth-order valence-electron chi connectivity index (χ4n) is 4.30. The molecule has 2 rings (SSSR count). The van der Waals surface area contributed by atoms with Gasteiger partial charge in [0.2, 0.25) is 11.8 Å². The average molecular weight is 609 g/mol. The van der Waals surface area contributed by atoms with Crippen molar-refractivity contribution < 1.29 is 38.5 Å². The first-order chi connectivity index (χ1) is 21.4. The monoisotopic (exact) mass is 608 g/mol. The summed E-state index contributed by atoms with van der Waals surface area (Å²) in [7, 11) is 0. The van der Waals surface area contributed by atoms with E-state index in [1.807, 2.05) is 48.5 Å². The lowest BCUT2D eigenvalue weighted by molar-refractivity contribution is -0.157. The van der Waals surface area contributed by atoms with Gasteiger partial charge in [-0.15, -0.1) is 13.2 Å². The molecule has 0 aliphatic heterocycles. The van der Waals surface area contributed by atoms with E-state index in [9.17, 15) is 19.2 Å². The first-order valence-electron chi connectivity index (χ1n) is 14.8. The summed E-state index contributed by atoms with van der Waals surface area (Å²) in [5.74, 6) is -3.56. The normalized spacial score (nSPS) is 12.7. The Hall–Kier alpha value is -4.28. The van der Waals surface area contributed by atoms with Crippen LogP contribution in [0.4, 0.5) is 0 Å². The van der Waals surface area contributed by atoms with Crippen molar-refractivity contribution in [2.24, 2.45) is 11.8 Å². The zero-order chi connectivity index (χ0) is 32.0. The van der Waals surface area contributed by atoms with Crippen LogP contribution in [0.1, 0.15) is 36.8 Å². The molecule has 2 aromatic rings. The molecule has 10 heteroatoms. The minimum atomic E-state index is -1.30. The van der Waals surface area contributed by atoms with E-state index in [0.717, 1.165) is 11.1 Å². The van der Waals surface area contributed by atoms with Gasteiger partial charge in [0.1, 0.15) is 13.2 Å². The molecule has 0 radical (unpaired) electrons. The van der Waals surface area contributed by atoms with E-state index >= 15 is 0 Å². The van der Waals surface area contributed by atoms with Crippen molar-refractivity contribution in [3.63, 3.8) is 0 Å². The number of aliphatic hydroxyl groups excluding tert-OH is 1. The smallest absolute Gasteiger partial charge is 0.332 e. The van der Waals surface area contributed by atoms with Gasteiger partial charge in [0.25, 0.3) is 0 Å². The summed E-state index contributed by atoms with van der Waals surface area (Å²) in [6, 6.07) is 17.3. The number of hydrogen-bond acceptors (Lipinski definition) is 8. The first kappa shape index (κ1) is 35.9. The maximum absolute atomic E-state index is 13.3. The van der Waals surface area contributed by atoms with Crippen molar-refractivity contribution in [2.75, 3.05) is 33.0 Å². The zero-order valence-electron chi connectivity index (χ0n) is 25.2. The molecule has 0 heterocycles. The van der Waals surface area contributed by atoms with Gasteiger partial charge in [-0.05, 0) is 36.8 Å². The number of hydrogen-bond donors (Lipinski definition) is 3. The minimum absolute atomic E-state index is 0.0349. The van der Waals surface area contributed by atoms with Crippen molar-refractivity contribution in [3.8, 4) is 0 Å². The predicted octanol–water partition coefficient (Wildman–Crippen LogP) is 3.29. The molecule has 3 atom stereocenters. The number of allylic oxidation sites excluding steroid dienone is 2. The summed E-state index contributed by atoms with van der Waals surface area (Å²) in [6.07, 6.45) is 4.81. The van der Waals surface area contributed by atoms with Gasteiger partial charge in [-0.2, -0.15) is 0 Å². The molecule has 0 unspecified atom stereocenters. The molecule has 44 heavy (non-hydrogen) atoms. The molecule has 0 aliphatic rings. The number of ether oxygens (including phenoxy) is 3. The van der Waals surface area contributed by atoms with Crippen LogP contribution in [0.5, 0.6) is 0 Å². The summed E-state index contributed by atoms with van der Waals surface area (Å²) < 4.78 is 16.2. The summed E-state index contributed by atoms with van der Waals surface area (Å²) in [5.41, 5.74) is 1.72. The molecule has 2 amide bonds. The second kappa shape index (κ2) is 21.4. The van der Waals surface area contributed by atoms with E-state index in [1.165, 1.54) is 6.08 Å². The summed E-state index contributed by atoms with van der Waals surface area (Å²) in [5, 5.41) is 14.1. The fourth-order valence-corrected chi connectivity index (χ4v) is 4.30. The Morgan fingerprint density at radius 2 is 1.52 bits per heavy atom. The van der Waals surface area contributed by atoms with Crippen molar-refractivity contribution in [2.45, 2.75) is 44.8 Å². The minimum Gasteiger partial charge on any atom is -0.463 e. The van der Waals surface area contributed by atoms with Crippen LogP contribution >= 0.6 is 0 Å². The third kappa shape index (κ3) is 14.3. The second-order valence-corrected chi connectivity index (χ2v) is 10.1. The molecule has 238 valence electrons. The summed E-state index contributed by atoms with van der Waals surface area (Å²) >= 11 is 0. The molecular formula is C34H44N2O8. The van der Waals surface area contributed by atoms with Crippen LogP contribution in [0.3, 0.4) is 0 Å². The lowest BCUT2D eigenvalue weighted by atomic mass is 9.95. The quantitative estimate of drug-likeness (QED) is 0.105. The summed E-state index contributed by atoms with van der Waals surface area (Å²) in [4.78, 5) is 52.1. The molecule has 2 aromatic carbocycles. The van der Waals surface area contributed by atoms with E-state index in [1.54, 1.807) is 18.2 Å². The molecule has 0 saturated heterocycles. The summed E-state index contributed by atoms with van der Waals surface area (Å²) in [6.45, 7) is 7.40. The SMILES string of the molecule is C=CCC[C@H](Cc1ccccc1)C(=O)OC[C@@H](NC(=O)[C@H](CC=C)CC(=O)NCCOCCO)C(=O)OCc1ccccc1. The standard InChI is InChI=1S/C34H44N2O8/c1-3-5-17-29(22-26-13-8-6-9-14-26)33(40)44-25-30(34(41)43-24-27-15-10-7-11-16-27)36-32(39)28(12-4-2)23-31(38)35-18-20-42-21-19-37/h3-4,6-11,13-16,28-30,37H,1-2,5,12,17-25H2,(H,35,38)(H,36,39)/t28-,29-,30-/m1/s1. The highest BCUT2D eigenvalue weighted by atomic mass is 16.6. The Morgan fingerprint density at radius 1 is 0.841 bits per heavy atom. The molecule has 3 N–H and O–H groups in total. The molecular weight excluding hydrogens is 564 g/mol. The second-order valence-electron chi connectivity index (χ2n) is 10.1. The van der Waals surface area contributed by atoms with Crippen LogP contribution < -0.4 is 10.6 Å². The van der Waals surface area contributed by atoms with Gasteiger partial charge < -0.3 is 30.0 Å². The number of aliphatic hydroxyl groups is 1.